The molecular weight excluding hydrogens is 264 g/mol. The summed E-state index contributed by atoms with van der Waals surface area (Å²) in [6, 6.07) is 0. The average molecular weight is 292 g/mol. The number of hydrogen-bond acceptors (Lipinski definition) is 2. The molecule has 0 radical (unpaired) electrons. The molecule has 0 heterocycles. The van der Waals surface area contributed by atoms with Crippen molar-refractivity contribution in [2.75, 3.05) is 13.1 Å². The van der Waals surface area contributed by atoms with Crippen molar-refractivity contribution in [1.82, 2.24) is 10.6 Å². The van der Waals surface area contributed by atoms with Crippen LogP contribution in [-0.4, -0.2) is 24.9 Å². The fourth-order valence-corrected chi connectivity index (χ4v) is 4.28. The molecule has 4 heteroatoms. The van der Waals surface area contributed by atoms with Crippen LogP contribution < -0.4 is 10.6 Å². The third kappa shape index (κ3) is 3.78. The van der Waals surface area contributed by atoms with Crippen LogP contribution in [0.1, 0.15) is 57.8 Å². The molecule has 2 bridgehead atoms. The Hall–Kier alpha value is -1.06. The number of carbonyl (C=O) groups is 2. The van der Waals surface area contributed by atoms with Gasteiger partial charge in [0.15, 0.2) is 0 Å². The van der Waals surface area contributed by atoms with Crippen LogP contribution in [0.5, 0.6) is 0 Å². The molecule has 3 atom stereocenters. The van der Waals surface area contributed by atoms with E-state index in [1.54, 1.807) is 0 Å². The van der Waals surface area contributed by atoms with E-state index in [0.717, 1.165) is 37.5 Å². The second kappa shape index (κ2) is 6.80. The highest BCUT2D eigenvalue weighted by Gasteiger charge is 2.39. The van der Waals surface area contributed by atoms with Crippen molar-refractivity contribution in [2.24, 2.45) is 23.7 Å². The summed E-state index contributed by atoms with van der Waals surface area (Å²) in [5, 5.41) is 5.97. The lowest BCUT2D eigenvalue weighted by Crippen LogP contribution is -2.36. The van der Waals surface area contributed by atoms with Gasteiger partial charge in [0.2, 0.25) is 11.8 Å². The van der Waals surface area contributed by atoms with Gasteiger partial charge in [0.05, 0.1) is 0 Å². The van der Waals surface area contributed by atoms with E-state index in [-0.39, 0.29) is 17.7 Å². The lowest BCUT2D eigenvalue weighted by Gasteiger charge is -2.24. The lowest BCUT2D eigenvalue weighted by atomic mass is 9.85. The third-order valence-corrected chi connectivity index (χ3v) is 5.78. The van der Waals surface area contributed by atoms with Crippen LogP contribution >= 0.6 is 0 Å². The number of carbonyl (C=O) groups excluding carboxylic acids is 2. The zero-order valence-electron chi connectivity index (χ0n) is 12.9. The van der Waals surface area contributed by atoms with Gasteiger partial charge in [-0.1, -0.05) is 12.8 Å². The van der Waals surface area contributed by atoms with Crippen molar-refractivity contribution in [3.8, 4) is 0 Å². The van der Waals surface area contributed by atoms with Gasteiger partial charge in [0.25, 0.3) is 0 Å². The summed E-state index contributed by atoms with van der Waals surface area (Å²) in [4.78, 5) is 23.6. The maximum Gasteiger partial charge on any atom is 0.223 e. The molecule has 0 aromatic rings. The summed E-state index contributed by atoms with van der Waals surface area (Å²) < 4.78 is 0. The van der Waals surface area contributed by atoms with Gasteiger partial charge >= 0.3 is 0 Å². The predicted molar refractivity (Wildman–Crippen MR) is 81.5 cm³/mol. The molecule has 3 saturated carbocycles. The first-order chi connectivity index (χ1) is 10.2. The average Bonchev–Trinajstić information content (AvgIpc) is 2.98. The van der Waals surface area contributed by atoms with Gasteiger partial charge in [-0.05, 0) is 56.3 Å². The second-order valence-electron chi connectivity index (χ2n) is 7.26. The number of fused-ring (bicyclic) bond motifs is 2. The first kappa shape index (κ1) is 14.9. The van der Waals surface area contributed by atoms with E-state index in [9.17, 15) is 9.59 Å². The van der Waals surface area contributed by atoms with Gasteiger partial charge in [-0.2, -0.15) is 0 Å². The summed E-state index contributed by atoms with van der Waals surface area (Å²) in [7, 11) is 0. The fourth-order valence-electron chi connectivity index (χ4n) is 4.28. The minimum atomic E-state index is 0.203. The highest BCUT2D eigenvalue weighted by molar-refractivity contribution is 5.79. The van der Waals surface area contributed by atoms with E-state index < -0.39 is 0 Å². The molecule has 0 saturated heterocycles. The van der Waals surface area contributed by atoms with Gasteiger partial charge in [-0.15, -0.1) is 0 Å². The Morgan fingerprint density at radius 3 is 2.38 bits per heavy atom. The van der Waals surface area contributed by atoms with Crippen LogP contribution in [0, 0.1) is 23.7 Å². The quantitative estimate of drug-likeness (QED) is 0.707. The van der Waals surface area contributed by atoms with Crippen LogP contribution in [0.25, 0.3) is 0 Å². The van der Waals surface area contributed by atoms with E-state index in [2.05, 4.69) is 10.6 Å². The summed E-state index contributed by atoms with van der Waals surface area (Å²) >= 11 is 0. The van der Waals surface area contributed by atoms with E-state index in [1.165, 1.54) is 32.1 Å². The molecule has 0 aromatic carbocycles. The van der Waals surface area contributed by atoms with E-state index in [4.69, 9.17) is 0 Å². The second-order valence-corrected chi connectivity index (χ2v) is 7.26. The molecule has 118 valence electrons. The third-order valence-electron chi connectivity index (χ3n) is 5.78. The standard InChI is InChI=1S/C17H28N2O2/c20-16(11-15-10-12-5-6-14(15)9-12)18-7-2-8-19-17(21)13-3-1-4-13/h12-15H,1-11H2,(H,18,20)(H,19,21)/t12-,14-,15-/m0/s1. The summed E-state index contributed by atoms with van der Waals surface area (Å²) in [5.74, 6) is 3.05. The van der Waals surface area contributed by atoms with Crippen molar-refractivity contribution in [3.05, 3.63) is 0 Å². The molecule has 3 fully saturated rings. The van der Waals surface area contributed by atoms with Crippen molar-refractivity contribution in [1.29, 1.82) is 0 Å². The zero-order chi connectivity index (χ0) is 14.7. The van der Waals surface area contributed by atoms with Crippen LogP contribution in [0.2, 0.25) is 0 Å². The van der Waals surface area contributed by atoms with Crippen LogP contribution in [0.15, 0.2) is 0 Å². The van der Waals surface area contributed by atoms with E-state index in [0.29, 0.717) is 19.0 Å². The molecule has 0 unspecified atom stereocenters. The Kier molecular flexibility index (Phi) is 4.81. The van der Waals surface area contributed by atoms with E-state index in [1.807, 2.05) is 0 Å². The van der Waals surface area contributed by atoms with Gasteiger partial charge in [0, 0.05) is 25.4 Å². The van der Waals surface area contributed by atoms with Gasteiger partial charge < -0.3 is 10.6 Å². The Morgan fingerprint density at radius 2 is 1.76 bits per heavy atom. The van der Waals surface area contributed by atoms with Crippen molar-refractivity contribution in [2.45, 2.75) is 57.8 Å². The van der Waals surface area contributed by atoms with Gasteiger partial charge in [-0.3, -0.25) is 9.59 Å². The Balaban J connectivity index is 1.22. The molecule has 3 aliphatic rings. The van der Waals surface area contributed by atoms with Gasteiger partial charge in [0.1, 0.15) is 0 Å². The predicted octanol–water partition coefficient (Wildman–Crippen LogP) is 2.24. The summed E-state index contributed by atoms with van der Waals surface area (Å²) in [6.07, 6.45) is 10.2. The SMILES string of the molecule is O=C(C[C@@H]1C[C@H]2CC[C@H]1C2)NCCCNC(=O)C1CCC1. The fraction of sp³-hybridized carbons (Fsp3) is 0.882. The lowest BCUT2D eigenvalue weighted by molar-refractivity contribution is -0.127. The van der Waals surface area contributed by atoms with Crippen molar-refractivity contribution < 1.29 is 9.59 Å². The van der Waals surface area contributed by atoms with Crippen molar-refractivity contribution in [3.63, 3.8) is 0 Å². The molecule has 0 spiro atoms. The number of hydrogen-bond donors (Lipinski definition) is 2. The monoisotopic (exact) mass is 292 g/mol. The highest BCUT2D eigenvalue weighted by Crippen LogP contribution is 2.49. The van der Waals surface area contributed by atoms with Crippen molar-refractivity contribution >= 4 is 11.8 Å². The topological polar surface area (TPSA) is 58.2 Å². The minimum absolute atomic E-state index is 0.203. The first-order valence-corrected chi connectivity index (χ1v) is 8.77. The summed E-state index contributed by atoms with van der Waals surface area (Å²) in [6.45, 7) is 1.37. The highest BCUT2D eigenvalue weighted by atomic mass is 16.2. The number of nitrogens with one attached hydrogen (secondary N) is 2. The molecule has 21 heavy (non-hydrogen) atoms. The molecule has 3 aliphatic carbocycles. The molecular formula is C17H28N2O2. The Morgan fingerprint density at radius 1 is 0.952 bits per heavy atom. The van der Waals surface area contributed by atoms with Crippen LogP contribution in [0.3, 0.4) is 0 Å². The molecule has 2 N–H and O–H groups in total. The van der Waals surface area contributed by atoms with Gasteiger partial charge in [-0.25, -0.2) is 0 Å². The smallest absolute Gasteiger partial charge is 0.223 e. The maximum atomic E-state index is 11.9. The normalized spacial score (nSPS) is 31.0. The van der Waals surface area contributed by atoms with Crippen LogP contribution in [-0.2, 0) is 9.59 Å². The summed E-state index contributed by atoms with van der Waals surface area (Å²) in [5.41, 5.74) is 0. The Labute approximate surface area is 127 Å². The molecule has 4 nitrogen and oxygen atoms in total. The Bertz CT molecular complexity index is 392. The molecule has 2 amide bonds. The first-order valence-electron chi connectivity index (χ1n) is 8.77. The maximum absolute atomic E-state index is 11.9. The number of rotatable bonds is 7. The molecule has 3 rings (SSSR count). The number of amides is 2. The minimum Gasteiger partial charge on any atom is -0.356 e. The molecule has 0 aliphatic heterocycles. The van der Waals surface area contributed by atoms with Crippen LogP contribution in [0.4, 0.5) is 0 Å². The largest absolute Gasteiger partial charge is 0.356 e. The molecule has 0 aromatic heterocycles. The van der Waals surface area contributed by atoms with E-state index >= 15 is 0 Å². The zero-order valence-corrected chi connectivity index (χ0v) is 12.9.